The van der Waals surface area contributed by atoms with Gasteiger partial charge in [-0.05, 0) is 25.0 Å². The third-order valence-electron chi connectivity index (χ3n) is 2.96. The third-order valence-corrected chi connectivity index (χ3v) is 2.96. The minimum atomic E-state index is -4.38. The Labute approximate surface area is 94.6 Å². The SMILES string of the molecule is Fc1cccc(F)c1CNC1(C(F)(F)F)CC1. The van der Waals surface area contributed by atoms with Crippen LogP contribution in [0.15, 0.2) is 18.2 Å². The molecule has 0 amide bonds. The van der Waals surface area contributed by atoms with Gasteiger partial charge in [-0.1, -0.05) is 6.07 Å². The van der Waals surface area contributed by atoms with Crippen molar-refractivity contribution in [3.8, 4) is 0 Å². The van der Waals surface area contributed by atoms with E-state index >= 15 is 0 Å². The Morgan fingerprint density at radius 2 is 1.65 bits per heavy atom. The molecular formula is C11H10F5N. The summed E-state index contributed by atoms with van der Waals surface area (Å²) >= 11 is 0. The fraction of sp³-hybridized carbons (Fsp3) is 0.455. The lowest BCUT2D eigenvalue weighted by Gasteiger charge is -2.21. The average molecular weight is 251 g/mol. The summed E-state index contributed by atoms with van der Waals surface area (Å²) in [5.74, 6) is -1.68. The number of rotatable bonds is 3. The molecule has 0 radical (unpaired) electrons. The molecule has 1 aromatic rings. The molecule has 6 heteroatoms. The van der Waals surface area contributed by atoms with E-state index < -0.39 is 29.9 Å². The molecule has 0 aromatic heterocycles. The zero-order valence-electron chi connectivity index (χ0n) is 8.74. The minimum Gasteiger partial charge on any atom is -0.299 e. The van der Waals surface area contributed by atoms with Crippen LogP contribution in [0.3, 0.4) is 0 Å². The lowest BCUT2D eigenvalue weighted by atomic mass is 10.1. The van der Waals surface area contributed by atoms with Crippen LogP contribution in [0.4, 0.5) is 22.0 Å². The van der Waals surface area contributed by atoms with Gasteiger partial charge in [-0.3, -0.25) is 5.32 Å². The highest BCUT2D eigenvalue weighted by Crippen LogP contribution is 2.49. The van der Waals surface area contributed by atoms with E-state index in [0.717, 1.165) is 12.1 Å². The van der Waals surface area contributed by atoms with E-state index in [1.165, 1.54) is 6.07 Å². The summed E-state index contributed by atoms with van der Waals surface area (Å²) in [4.78, 5) is 0. The molecule has 0 heterocycles. The molecule has 1 N–H and O–H groups in total. The molecule has 17 heavy (non-hydrogen) atoms. The summed E-state index contributed by atoms with van der Waals surface area (Å²) in [7, 11) is 0. The van der Waals surface area contributed by atoms with Crippen LogP contribution in [0.25, 0.3) is 0 Å². The van der Waals surface area contributed by atoms with Crippen molar-refractivity contribution in [2.75, 3.05) is 0 Å². The van der Waals surface area contributed by atoms with E-state index in [9.17, 15) is 22.0 Å². The van der Waals surface area contributed by atoms with Crippen molar-refractivity contribution in [3.05, 3.63) is 35.4 Å². The quantitative estimate of drug-likeness (QED) is 0.814. The van der Waals surface area contributed by atoms with Gasteiger partial charge in [0.1, 0.15) is 17.2 Å². The van der Waals surface area contributed by atoms with Crippen LogP contribution in [-0.4, -0.2) is 11.7 Å². The van der Waals surface area contributed by atoms with Crippen molar-refractivity contribution in [1.29, 1.82) is 0 Å². The van der Waals surface area contributed by atoms with Gasteiger partial charge in [0.25, 0.3) is 0 Å². The van der Waals surface area contributed by atoms with Crippen LogP contribution in [0.5, 0.6) is 0 Å². The Morgan fingerprint density at radius 1 is 1.12 bits per heavy atom. The monoisotopic (exact) mass is 251 g/mol. The molecule has 1 fully saturated rings. The predicted octanol–water partition coefficient (Wildman–Crippen LogP) is 3.15. The van der Waals surface area contributed by atoms with Crippen molar-refractivity contribution in [2.45, 2.75) is 31.1 Å². The van der Waals surface area contributed by atoms with Gasteiger partial charge in [-0.2, -0.15) is 13.2 Å². The summed E-state index contributed by atoms with van der Waals surface area (Å²) < 4.78 is 64.0. The Bertz CT molecular complexity index is 402. The molecule has 1 aliphatic carbocycles. The number of benzene rings is 1. The van der Waals surface area contributed by atoms with Crippen molar-refractivity contribution in [1.82, 2.24) is 5.32 Å². The maximum Gasteiger partial charge on any atom is 0.406 e. The molecule has 0 aliphatic heterocycles. The molecule has 1 saturated carbocycles. The second-order valence-electron chi connectivity index (χ2n) is 4.13. The summed E-state index contributed by atoms with van der Waals surface area (Å²) in [6.07, 6.45) is -4.48. The summed E-state index contributed by atoms with van der Waals surface area (Å²) in [6.45, 7) is -0.460. The van der Waals surface area contributed by atoms with Crippen LogP contribution >= 0.6 is 0 Å². The van der Waals surface area contributed by atoms with E-state index in [-0.39, 0.29) is 18.4 Å². The molecule has 0 spiro atoms. The van der Waals surface area contributed by atoms with Gasteiger partial charge in [0.2, 0.25) is 0 Å². The van der Waals surface area contributed by atoms with E-state index in [1.54, 1.807) is 0 Å². The summed E-state index contributed by atoms with van der Waals surface area (Å²) in [5.41, 5.74) is -2.31. The first-order valence-corrected chi connectivity index (χ1v) is 5.10. The second kappa shape index (κ2) is 3.94. The summed E-state index contributed by atoms with van der Waals surface area (Å²) in [5, 5.41) is 2.20. The van der Waals surface area contributed by atoms with E-state index in [2.05, 4.69) is 5.32 Å². The molecule has 0 unspecified atom stereocenters. The van der Waals surface area contributed by atoms with Gasteiger partial charge in [-0.15, -0.1) is 0 Å². The van der Waals surface area contributed by atoms with Crippen LogP contribution in [0.1, 0.15) is 18.4 Å². The molecule has 1 aromatic carbocycles. The number of alkyl halides is 3. The standard InChI is InChI=1S/C11H10F5N/c12-8-2-1-3-9(13)7(8)6-17-10(4-5-10)11(14,15)16/h1-3,17H,4-6H2. The van der Waals surface area contributed by atoms with Gasteiger partial charge in [-0.25, -0.2) is 8.78 Å². The van der Waals surface area contributed by atoms with Crippen LogP contribution in [0.2, 0.25) is 0 Å². The lowest BCUT2D eigenvalue weighted by molar-refractivity contribution is -0.166. The van der Waals surface area contributed by atoms with E-state index in [4.69, 9.17) is 0 Å². The summed E-state index contributed by atoms with van der Waals surface area (Å²) in [6, 6.07) is 3.21. The van der Waals surface area contributed by atoms with Gasteiger partial charge in [0.05, 0.1) is 0 Å². The Morgan fingerprint density at radius 3 is 2.06 bits per heavy atom. The van der Waals surface area contributed by atoms with E-state index in [1.807, 2.05) is 0 Å². The lowest BCUT2D eigenvalue weighted by Crippen LogP contribution is -2.44. The van der Waals surface area contributed by atoms with Crippen LogP contribution in [-0.2, 0) is 6.54 Å². The second-order valence-corrected chi connectivity index (χ2v) is 4.13. The average Bonchev–Trinajstić information content (AvgIpc) is 2.97. The largest absolute Gasteiger partial charge is 0.406 e. The number of hydrogen-bond donors (Lipinski definition) is 1. The van der Waals surface area contributed by atoms with Crippen molar-refractivity contribution in [2.24, 2.45) is 0 Å². The van der Waals surface area contributed by atoms with Gasteiger partial charge >= 0.3 is 6.18 Å². The normalized spacial score (nSPS) is 18.2. The molecule has 0 atom stereocenters. The first-order chi connectivity index (χ1) is 7.86. The van der Waals surface area contributed by atoms with Gasteiger partial charge in [0.15, 0.2) is 0 Å². The fourth-order valence-electron chi connectivity index (χ4n) is 1.64. The fourth-order valence-corrected chi connectivity index (χ4v) is 1.64. The first-order valence-electron chi connectivity index (χ1n) is 5.10. The molecular weight excluding hydrogens is 241 g/mol. The van der Waals surface area contributed by atoms with Crippen LogP contribution in [0, 0.1) is 11.6 Å². The maximum atomic E-state index is 13.2. The Hall–Kier alpha value is -1.17. The van der Waals surface area contributed by atoms with Crippen LogP contribution < -0.4 is 5.32 Å². The number of nitrogens with one attached hydrogen (secondary N) is 1. The zero-order valence-corrected chi connectivity index (χ0v) is 8.74. The molecule has 94 valence electrons. The smallest absolute Gasteiger partial charge is 0.299 e. The minimum absolute atomic E-state index is 0.0490. The van der Waals surface area contributed by atoms with E-state index in [0.29, 0.717) is 0 Å². The number of halogens is 5. The zero-order chi connectivity index (χ0) is 12.7. The molecule has 1 nitrogen and oxygen atoms in total. The van der Waals surface area contributed by atoms with Crippen molar-refractivity contribution >= 4 is 0 Å². The van der Waals surface area contributed by atoms with Crippen molar-refractivity contribution < 1.29 is 22.0 Å². The topological polar surface area (TPSA) is 12.0 Å². The molecule has 2 rings (SSSR count). The predicted molar refractivity (Wildman–Crippen MR) is 51.2 cm³/mol. The third kappa shape index (κ3) is 2.26. The molecule has 0 saturated heterocycles. The Balaban J connectivity index is 2.09. The Kier molecular flexibility index (Phi) is 2.85. The molecule has 1 aliphatic rings. The highest BCUT2D eigenvalue weighted by atomic mass is 19.4. The maximum absolute atomic E-state index is 13.2. The molecule has 0 bridgehead atoms. The highest BCUT2D eigenvalue weighted by Gasteiger charge is 2.63. The highest BCUT2D eigenvalue weighted by molar-refractivity contribution is 5.21. The number of hydrogen-bond acceptors (Lipinski definition) is 1. The van der Waals surface area contributed by atoms with Gasteiger partial charge < -0.3 is 0 Å². The van der Waals surface area contributed by atoms with Crippen molar-refractivity contribution in [3.63, 3.8) is 0 Å². The first kappa shape index (κ1) is 12.3. The van der Waals surface area contributed by atoms with Gasteiger partial charge in [0, 0.05) is 12.1 Å².